The summed E-state index contributed by atoms with van der Waals surface area (Å²) in [6, 6.07) is 1.57. The Labute approximate surface area is 179 Å². The summed E-state index contributed by atoms with van der Waals surface area (Å²) in [5.41, 5.74) is -2.24. The molecular weight excluding hydrogens is 389 g/mol. The Bertz CT molecular complexity index is 803. The molecule has 30 heavy (non-hydrogen) atoms. The van der Waals surface area contributed by atoms with Crippen LogP contribution < -0.4 is 10.5 Å². The number of carbonyl (C=O) groups excluding carboxylic acids is 2. The third-order valence-electron chi connectivity index (χ3n) is 4.78. The zero-order valence-electron chi connectivity index (χ0n) is 19.9. The Kier molecular flexibility index (Phi) is 6.10. The Hall–Kier alpha value is -2.07. The Balaban J connectivity index is 2.44. The van der Waals surface area contributed by atoms with Crippen LogP contribution in [0.15, 0.2) is 6.07 Å². The third-order valence-corrected chi connectivity index (χ3v) is 4.78. The van der Waals surface area contributed by atoms with Crippen LogP contribution in [0.25, 0.3) is 0 Å². The van der Waals surface area contributed by atoms with Gasteiger partial charge in [-0.3, -0.25) is 4.90 Å². The van der Waals surface area contributed by atoms with E-state index in [1.165, 1.54) is 11.9 Å². The number of aromatic nitrogens is 2. The lowest BCUT2D eigenvalue weighted by atomic mass is 9.85. The number of amides is 1. The SMILES string of the molecule is CN(C(=O)OC(C)(C)C)c1cc(B2OC(C)(C)C(C)(C)O2)nn1C(=O)OC(C)(C)C. The minimum absolute atomic E-state index is 0.184. The fourth-order valence-corrected chi connectivity index (χ4v) is 2.57. The standard InChI is InChI=1S/C20H34BN3O6/c1-17(2,3)27-15(25)23(11)14-12-13(21-29-19(7,8)20(9,10)30-21)22-24(14)16(26)28-18(4,5)6/h12H,1-11H3. The minimum Gasteiger partial charge on any atom is -0.443 e. The molecule has 0 spiro atoms. The van der Waals surface area contributed by atoms with Crippen molar-refractivity contribution in [3.63, 3.8) is 0 Å². The highest BCUT2D eigenvalue weighted by Crippen LogP contribution is 2.36. The van der Waals surface area contributed by atoms with E-state index in [4.69, 9.17) is 18.8 Å². The van der Waals surface area contributed by atoms with Crippen LogP contribution in [0.5, 0.6) is 0 Å². The van der Waals surface area contributed by atoms with Crippen molar-refractivity contribution in [2.24, 2.45) is 0 Å². The summed E-state index contributed by atoms with van der Waals surface area (Å²) in [5.74, 6) is 0.184. The molecule has 0 saturated carbocycles. The zero-order valence-corrected chi connectivity index (χ0v) is 19.9. The molecular formula is C20H34BN3O6. The van der Waals surface area contributed by atoms with Crippen molar-refractivity contribution in [2.75, 3.05) is 11.9 Å². The summed E-state index contributed by atoms with van der Waals surface area (Å²) >= 11 is 0. The molecule has 9 nitrogen and oxygen atoms in total. The number of ether oxygens (including phenoxy) is 2. The zero-order chi connectivity index (χ0) is 23.3. The van der Waals surface area contributed by atoms with E-state index in [-0.39, 0.29) is 5.82 Å². The predicted octanol–water partition coefficient (Wildman–Crippen LogP) is 3.34. The maximum atomic E-state index is 12.8. The van der Waals surface area contributed by atoms with Gasteiger partial charge in [-0.05, 0) is 69.2 Å². The molecule has 1 fully saturated rings. The van der Waals surface area contributed by atoms with E-state index >= 15 is 0 Å². The monoisotopic (exact) mass is 423 g/mol. The van der Waals surface area contributed by atoms with Crippen LogP contribution in [0.1, 0.15) is 69.2 Å². The van der Waals surface area contributed by atoms with Crippen LogP contribution in [-0.4, -0.2) is 58.5 Å². The summed E-state index contributed by atoms with van der Waals surface area (Å²) in [4.78, 5) is 26.6. The summed E-state index contributed by atoms with van der Waals surface area (Å²) < 4.78 is 24.0. The molecule has 1 aromatic heterocycles. The lowest BCUT2D eigenvalue weighted by molar-refractivity contribution is 0.00578. The molecule has 0 atom stereocenters. The lowest BCUT2D eigenvalue weighted by Gasteiger charge is -2.32. The average molecular weight is 423 g/mol. The van der Waals surface area contributed by atoms with Gasteiger partial charge in [0.15, 0.2) is 0 Å². The van der Waals surface area contributed by atoms with Gasteiger partial charge in [0.25, 0.3) is 0 Å². The lowest BCUT2D eigenvalue weighted by Crippen LogP contribution is -2.41. The van der Waals surface area contributed by atoms with Crippen molar-refractivity contribution >= 4 is 30.7 Å². The highest BCUT2D eigenvalue weighted by Gasteiger charge is 2.53. The first-order valence-corrected chi connectivity index (χ1v) is 9.99. The summed E-state index contributed by atoms with van der Waals surface area (Å²) in [6.45, 7) is 18.2. The second-order valence-corrected chi connectivity index (χ2v) is 10.4. The van der Waals surface area contributed by atoms with Crippen molar-refractivity contribution in [1.82, 2.24) is 9.78 Å². The summed E-state index contributed by atoms with van der Waals surface area (Å²) in [5, 5.41) is 4.35. The second-order valence-electron chi connectivity index (χ2n) is 10.4. The molecule has 0 bridgehead atoms. The van der Waals surface area contributed by atoms with Crippen LogP contribution >= 0.6 is 0 Å². The molecule has 10 heteroatoms. The van der Waals surface area contributed by atoms with Gasteiger partial charge >= 0.3 is 19.3 Å². The van der Waals surface area contributed by atoms with Gasteiger partial charge < -0.3 is 18.8 Å². The largest absolute Gasteiger partial charge is 0.516 e. The number of hydrogen-bond donors (Lipinski definition) is 0. The first-order chi connectivity index (χ1) is 13.3. The number of rotatable bonds is 2. The molecule has 1 saturated heterocycles. The Morgan fingerprint density at radius 2 is 1.47 bits per heavy atom. The molecule has 1 aliphatic rings. The van der Waals surface area contributed by atoms with Crippen molar-refractivity contribution in [1.29, 1.82) is 0 Å². The van der Waals surface area contributed by atoms with Crippen molar-refractivity contribution in [3.05, 3.63) is 6.07 Å². The molecule has 1 aliphatic heterocycles. The number of carbonyl (C=O) groups is 2. The van der Waals surface area contributed by atoms with E-state index in [9.17, 15) is 9.59 Å². The molecule has 2 heterocycles. The van der Waals surface area contributed by atoms with Gasteiger partial charge in [-0.15, -0.1) is 4.68 Å². The minimum atomic E-state index is -0.801. The van der Waals surface area contributed by atoms with Gasteiger partial charge in [0.1, 0.15) is 17.0 Å². The first kappa shape index (κ1) is 24.2. The number of nitrogens with zero attached hydrogens (tertiary/aromatic N) is 3. The second kappa shape index (κ2) is 7.57. The first-order valence-electron chi connectivity index (χ1n) is 9.99. The van der Waals surface area contributed by atoms with E-state index < -0.39 is 41.7 Å². The van der Waals surface area contributed by atoms with E-state index in [0.29, 0.717) is 5.59 Å². The van der Waals surface area contributed by atoms with Crippen molar-refractivity contribution in [3.8, 4) is 0 Å². The topological polar surface area (TPSA) is 92.1 Å². The van der Waals surface area contributed by atoms with Gasteiger partial charge in [0.2, 0.25) is 0 Å². The predicted molar refractivity (Wildman–Crippen MR) is 114 cm³/mol. The number of hydrogen-bond acceptors (Lipinski definition) is 7. The van der Waals surface area contributed by atoms with E-state index in [1.54, 1.807) is 47.6 Å². The average Bonchev–Trinajstić information content (AvgIpc) is 3.02. The van der Waals surface area contributed by atoms with Crippen LogP contribution in [0.3, 0.4) is 0 Å². The fourth-order valence-electron chi connectivity index (χ4n) is 2.57. The molecule has 0 unspecified atom stereocenters. The molecule has 2 rings (SSSR count). The molecule has 1 amide bonds. The Morgan fingerprint density at radius 1 is 1.00 bits per heavy atom. The maximum absolute atomic E-state index is 12.8. The molecule has 0 radical (unpaired) electrons. The summed E-state index contributed by atoms with van der Waals surface area (Å²) in [7, 11) is 0.699. The van der Waals surface area contributed by atoms with Gasteiger partial charge in [-0.2, -0.15) is 5.10 Å². The van der Waals surface area contributed by atoms with Crippen LogP contribution in [0, 0.1) is 0 Å². The molecule has 0 aliphatic carbocycles. The smallest absolute Gasteiger partial charge is 0.443 e. The Morgan fingerprint density at radius 3 is 1.90 bits per heavy atom. The maximum Gasteiger partial charge on any atom is 0.516 e. The van der Waals surface area contributed by atoms with Crippen molar-refractivity contribution < 1.29 is 28.4 Å². The summed E-state index contributed by atoms with van der Waals surface area (Å²) in [6.07, 6.45) is -1.36. The van der Waals surface area contributed by atoms with E-state index in [1.807, 2.05) is 27.7 Å². The fraction of sp³-hybridized carbons (Fsp3) is 0.750. The van der Waals surface area contributed by atoms with E-state index in [2.05, 4.69) is 5.10 Å². The van der Waals surface area contributed by atoms with Gasteiger partial charge in [-0.1, -0.05) is 0 Å². The van der Waals surface area contributed by atoms with Gasteiger partial charge in [-0.25, -0.2) is 9.59 Å². The quantitative estimate of drug-likeness (QED) is 0.674. The molecule has 0 aromatic carbocycles. The highest BCUT2D eigenvalue weighted by molar-refractivity contribution is 6.61. The van der Waals surface area contributed by atoms with Gasteiger partial charge in [0, 0.05) is 13.1 Å². The van der Waals surface area contributed by atoms with E-state index in [0.717, 1.165) is 4.68 Å². The normalized spacial score (nSPS) is 18.3. The third kappa shape index (κ3) is 5.34. The molecule has 0 N–H and O–H groups in total. The van der Waals surface area contributed by atoms with Crippen LogP contribution in [0.4, 0.5) is 15.4 Å². The molecule has 1 aromatic rings. The van der Waals surface area contributed by atoms with Crippen LogP contribution in [-0.2, 0) is 18.8 Å². The number of anilines is 1. The molecule has 168 valence electrons. The highest BCUT2D eigenvalue weighted by atomic mass is 16.7. The van der Waals surface area contributed by atoms with Crippen molar-refractivity contribution in [2.45, 2.75) is 91.6 Å². The van der Waals surface area contributed by atoms with Gasteiger partial charge in [0.05, 0.1) is 16.8 Å². The van der Waals surface area contributed by atoms with Crippen LogP contribution in [0.2, 0.25) is 0 Å².